The molecule has 0 fully saturated rings. The smallest absolute Gasteiger partial charge is 0.213 e. The highest BCUT2D eigenvalue weighted by molar-refractivity contribution is 5.21. The highest BCUT2D eigenvalue weighted by Crippen LogP contribution is 2.04. The molecule has 100 valence electrons. The van der Waals surface area contributed by atoms with E-state index in [-0.39, 0.29) is 0 Å². The summed E-state index contributed by atoms with van der Waals surface area (Å²) in [6.45, 7) is 4.65. The quantitative estimate of drug-likeness (QED) is 0.773. The van der Waals surface area contributed by atoms with Crippen molar-refractivity contribution in [1.29, 1.82) is 0 Å². The van der Waals surface area contributed by atoms with Gasteiger partial charge < -0.3 is 10.1 Å². The summed E-state index contributed by atoms with van der Waals surface area (Å²) in [5.74, 6) is 0.695. The number of hydrogen-bond acceptors (Lipinski definition) is 3. The number of aryl methyl sites for hydroxylation is 1. The number of hydrogen-bond donors (Lipinski definition) is 1. The van der Waals surface area contributed by atoms with Gasteiger partial charge in [0.1, 0.15) is 0 Å². The van der Waals surface area contributed by atoms with Gasteiger partial charge in [-0.15, -0.1) is 0 Å². The van der Waals surface area contributed by atoms with Crippen molar-refractivity contribution in [2.24, 2.45) is 0 Å². The first-order valence-electron chi connectivity index (χ1n) is 6.65. The third-order valence-electron chi connectivity index (χ3n) is 2.84. The van der Waals surface area contributed by atoms with Crippen LogP contribution in [-0.2, 0) is 6.54 Å². The number of pyridine rings is 1. The second-order valence-electron chi connectivity index (χ2n) is 4.53. The van der Waals surface area contributed by atoms with E-state index >= 15 is 0 Å². The van der Waals surface area contributed by atoms with Crippen molar-refractivity contribution in [1.82, 2.24) is 10.3 Å². The minimum Gasteiger partial charge on any atom is -0.478 e. The summed E-state index contributed by atoms with van der Waals surface area (Å²) in [5.41, 5.74) is 2.61. The van der Waals surface area contributed by atoms with Crippen molar-refractivity contribution < 1.29 is 4.74 Å². The molecule has 3 nitrogen and oxygen atoms in total. The SMILES string of the molecule is Cc1ccc(CNCCCOc2ccccn2)cc1. The van der Waals surface area contributed by atoms with E-state index in [4.69, 9.17) is 4.74 Å². The van der Waals surface area contributed by atoms with Gasteiger partial charge in [0.15, 0.2) is 0 Å². The van der Waals surface area contributed by atoms with Crippen LogP contribution in [0.3, 0.4) is 0 Å². The lowest BCUT2D eigenvalue weighted by molar-refractivity contribution is 0.296. The fourth-order valence-corrected chi connectivity index (χ4v) is 1.75. The molecule has 1 aromatic carbocycles. The zero-order valence-corrected chi connectivity index (χ0v) is 11.3. The first-order valence-corrected chi connectivity index (χ1v) is 6.65. The molecule has 0 aliphatic rings. The molecule has 0 unspecified atom stereocenters. The Labute approximate surface area is 114 Å². The molecule has 0 spiro atoms. The molecule has 0 saturated heterocycles. The van der Waals surface area contributed by atoms with Gasteiger partial charge in [0, 0.05) is 18.8 Å². The molecule has 0 saturated carbocycles. The third kappa shape index (κ3) is 5.10. The second kappa shape index (κ2) is 7.54. The summed E-state index contributed by atoms with van der Waals surface area (Å²) >= 11 is 0. The first kappa shape index (κ1) is 13.6. The number of rotatable bonds is 7. The van der Waals surface area contributed by atoms with Crippen molar-refractivity contribution in [3.63, 3.8) is 0 Å². The molecule has 0 amide bonds. The summed E-state index contributed by atoms with van der Waals surface area (Å²) in [6.07, 6.45) is 2.72. The molecule has 19 heavy (non-hydrogen) atoms. The summed E-state index contributed by atoms with van der Waals surface area (Å²) < 4.78 is 5.52. The maximum absolute atomic E-state index is 5.52. The number of aromatic nitrogens is 1. The lowest BCUT2D eigenvalue weighted by atomic mass is 10.1. The molecule has 0 radical (unpaired) electrons. The molecule has 0 aliphatic heterocycles. The number of nitrogens with one attached hydrogen (secondary N) is 1. The van der Waals surface area contributed by atoms with E-state index in [1.807, 2.05) is 18.2 Å². The maximum Gasteiger partial charge on any atom is 0.213 e. The highest BCUT2D eigenvalue weighted by Gasteiger charge is 1.94. The van der Waals surface area contributed by atoms with Crippen molar-refractivity contribution >= 4 is 0 Å². The Kier molecular flexibility index (Phi) is 5.38. The topological polar surface area (TPSA) is 34.1 Å². The maximum atomic E-state index is 5.52. The normalized spacial score (nSPS) is 10.4. The molecule has 1 aromatic heterocycles. The summed E-state index contributed by atoms with van der Waals surface area (Å²) in [6, 6.07) is 14.3. The van der Waals surface area contributed by atoms with E-state index in [2.05, 4.69) is 41.5 Å². The summed E-state index contributed by atoms with van der Waals surface area (Å²) in [4.78, 5) is 4.11. The van der Waals surface area contributed by atoms with Crippen molar-refractivity contribution in [2.45, 2.75) is 19.9 Å². The zero-order chi connectivity index (χ0) is 13.3. The first-order chi connectivity index (χ1) is 9.34. The van der Waals surface area contributed by atoms with Gasteiger partial charge in [-0.2, -0.15) is 0 Å². The van der Waals surface area contributed by atoms with Crippen LogP contribution in [0, 0.1) is 6.92 Å². The van der Waals surface area contributed by atoms with Crippen LogP contribution in [0.25, 0.3) is 0 Å². The van der Waals surface area contributed by atoms with Gasteiger partial charge in [-0.3, -0.25) is 0 Å². The van der Waals surface area contributed by atoms with Gasteiger partial charge in [0.2, 0.25) is 5.88 Å². The molecule has 0 aliphatic carbocycles. The van der Waals surface area contributed by atoms with Crippen LogP contribution in [-0.4, -0.2) is 18.1 Å². The number of nitrogens with zero attached hydrogens (tertiary/aromatic N) is 1. The second-order valence-corrected chi connectivity index (χ2v) is 4.53. The summed E-state index contributed by atoms with van der Waals surface area (Å²) in [7, 11) is 0. The summed E-state index contributed by atoms with van der Waals surface area (Å²) in [5, 5.41) is 3.41. The van der Waals surface area contributed by atoms with Crippen molar-refractivity contribution in [2.75, 3.05) is 13.2 Å². The van der Waals surface area contributed by atoms with E-state index in [9.17, 15) is 0 Å². The van der Waals surface area contributed by atoms with Gasteiger partial charge in [-0.05, 0) is 31.5 Å². The molecular weight excluding hydrogens is 236 g/mol. The van der Waals surface area contributed by atoms with Crippen LogP contribution in [0.2, 0.25) is 0 Å². The number of ether oxygens (including phenoxy) is 1. The molecule has 0 atom stereocenters. The predicted molar refractivity (Wildman–Crippen MR) is 77.2 cm³/mol. The van der Waals surface area contributed by atoms with E-state index < -0.39 is 0 Å². The molecular formula is C16H20N2O. The Morgan fingerprint density at radius 1 is 1.11 bits per heavy atom. The minimum atomic E-state index is 0.692. The average molecular weight is 256 g/mol. The van der Waals surface area contributed by atoms with Crippen LogP contribution in [0.4, 0.5) is 0 Å². The van der Waals surface area contributed by atoms with Crippen LogP contribution < -0.4 is 10.1 Å². The fraction of sp³-hybridized carbons (Fsp3) is 0.312. The molecule has 1 N–H and O–H groups in total. The number of benzene rings is 1. The zero-order valence-electron chi connectivity index (χ0n) is 11.3. The van der Waals surface area contributed by atoms with Crippen LogP contribution in [0.5, 0.6) is 5.88 Å². The standard InChI is InChI=1S/C16H20N2O/c1-14-6-8-15(9-7-14)13-17-10-4-12-19-16-5-2-3-11-18-16/h2-3,5-9,11,17H,4,10,12-13H2,1H3. The fourth-order valence-electron chi connectivity index (χ4n) is 1.75. The van der Waals surface area contributed by atoms with E-state index in [0.717, 1.165) is 19.5 Å². The lowest BCUT2D eigenvalue weighted by Gasteiger charge is -2.06. The lowest BCUT2D eigenvalue weighted by Crippen LogP contribution is -2.17. The Bertz CT molecular complexity index is 468. The van der Waals surface area contributed by atoms with Gasteiger partial charge in [0.25, 0.3) is 0 Å². The van der Waals surface area contributed by atoms with Gasteiger partial charge in [-0.25, -0.2) is 4.98 Å². The van der Waals surface area contributed by atoms with E-state index in [1.54, 1.807) is 6.20 Å². The predicted octanol–water partition coefficient (Wildman–Crippen LogP) is 2.95. The van der Waals surface area contributed by atoms with Gasteiger partial charge in [0.05, 0.1) is 6.61 Å². The minimum absolute atomic E-state index is 0.692. The Hall–Kier alpha value is -1.87. The van der Waals surface area contributed by atoms with Crippen LogP contribution >= 0.6 is 0 Å². The molecule has 2 aromatic rings. The Morgan fingerprint density at radius 2 is 1.95 bits per heavy atom. The van der Waals surface area contributed by atoms with Crippen molar-refractivity contribution in [3.8, 4) is 5.88 Å². The monoisotopic (exact) mass is 256 g/mol. The van der Waals surface area contributed by atoms with Crippen LogP contribution in [0.15, 0.2) is 48.7 Å². The largest absolute Gasteiger partial charge is 0.478 e. The van der Waals surface area contributed by atoms with Crippen LogP contribution in [0.1, 0.15) is 17.5 Å². The Balaban J connectivity index is 1.56. The van der Waals surface area contributed by atoms with Gasteiger partial charge >= 0.3 is 0 Å². The average Bonchev–Trinajstić information content (AvgIpc) is 2.46. The molecule has 1 heterocycles. The van der Waals surface area contributed by atoms with Crippen molar-refractivity contribution in [3.05, 3.63) is 59.8 Å². The third-order valence-corrected chi connectivity index (χ3v) is 2.84. The highest BCUT2D eigenvalue weighted by atomic mass is 16.5. The molecule has 2 rings (SSSR count). The Morgan fingerprint density at radius 3 is 2.68 bits per heavy atom. The molecule has 0 bridgehead atoms. The van der Waals surface area contributed by atoms with E-state index in [0.29, 0.717) is 12.5 Å². The molecule has 3 heteroatoms. The van der Waals surface area contributed by atoms with E-state index in [1.165, 1.54) is 11.1 Å². The van der Waals surface area contributed by atoms with Gasteiger partial charge in [-0.1, -0.05) is 35.9 Å².